The number of hydrazone groups is 1. The summed E-state index contributed by atoms with van der Waals surface area (Å²) >= 11 is 1.55. The predicted octanol–water partition coefficient (Wildman–Crippen LogP) is 5.10. The van der Waals surface area contributed by atoms with Crippen LogP contribution in [0.3, 0.4) is 0 Å². The molecule has 0 aliphatic rings. The molecule has 0 aliphatic heterocycles. The molecular weight excluding hydrogens is 328 g/mol. The summed E-state index contributed by atoms with van der Waals surface area (Å²) in [5.41, 5.74) is 7.38. The zero-order valence-corrected chi connectivity index (χ0v) is 15.3. The molecule has 0 aliphatic carbocycles. The molecule has 0 saturated heterocycles. The van der Waals surface area contributed by atoms with E-state index >= 15 is 0 Å². The van der Waals surface area contributed by atoms with E-state index < -0.39 is 0 Å². The Bertz CT molecular complexity index is 805. The van der Waals surface area contributed by atoms with Gasteiger partial charge in [0.1, 0.15) is 0 Å². The Morgan fingerprint density at radius 1 is 1.04 bits per heavy atom. The second-order valence-corrected chi connectivity index (χ2v) is 6.40. The summed E-state index contributed by atoms with van der Waals surface area (Å²) in [5.74, 6) is 0. The zero-order valence-electron chi connectivity index (χ0n) is 14.5. The minimum atomic E-state index is 0.787. The van der Waals surface area contributed by atoms with Gasteiger partial charge in [0.2, 0.25) is 5.13 Å². The molecule has 0 unspecified atom stereocenters. The fourth-order valence-electron chi connectivity index (χ4n) is 2.59. The van der Waals surface area contributed by atoms with Gasteiger partial charge in [-0.1, -0.05) is 42.5 Å². The molecule has 0 amide bonds. The van der Waals surface area contributed by atoms with Crippen molar-refractivity contribution < 1.29 is 0 Å². The molecular formula is C20H22N4S. The number of rotatable bonds is 7. The van der Waals surface area contributed by atoms with Crippen LogP contribution in [-0.2, 0) is 0 Å². The topological polar surface area (TPSA) is 40.5 Å². The fourth-order valence-corrected chi connectivity index (χ4v) is 3.26. The van der Waals surface area contributed by atoms with Crippen LogP contribution in [0.5, 0.6) is 0 Å². The summed E-state index contributed by atoms with van der Waals surface area (Å²) in [6.07, 6.45) is 1.82. The smallest absolute Gasteiger partial charge is 0.203 e. The van der Waals surface area contributed by atoms with Gasteiger partial charge in [0.25, 0.3) is 0 Å². The van der Waals surface area contributed by atoms with Gasteiger partial charge in [0.05, 0.1) is 11.9 Å². The average molecular weight is 350 g/mol. The molecule has 1 N–H and O–H groups in total. The van der Waals surface area contributed by atoms with Crippen molar-refractivity contribution >= 4 is 28.4 Å². The summed E-state index contributed by atoms with van der Waals surface area (Å²) in [4.78, 5) is 6.88. The monoisotopic (exact) mass is 350 g/mol. The molecule has 1 aromatic heterocycles. The van der Waals surface area contributed by atoms with Crippen LogP contribution in [0.4, 0.5) is 10.8 Å². The molecule has 5 heteroatoms. The van der Waals surface area contributed by atoms with Gasteiger partial charge in [-0.3, -0.25) is 5.43 Å². The maximum absolute atomic E-state index is 4.56. The first-order valence-corrected chi connectivity index (χ1v) is 9.33. The summed E-state index contributed by atoms with van der Waals surface area (Å²) in [7, 11) is 0. The zero-order chi connectivity index (χ0) is 17.5. The highest BCUT2D eigenvalue weighted by Gasteiger charge is 2.03. The number of nitrogens with one attached hydrogen (secondary N) is 1. The van der Waals surface area contributed by atoms with E-state index in [0.29, 0.717) is 0 Å². The number of hydrogen-bond acceptors (Lipinski definition) is 5. The third-order valence-electron chi connectivity index (χ3n) is 3.97. The van der Waals surface area contributed by atoms with E-state index in [4.69, 9.17) is 0 Å². The highest BCUT2D eigenvalue weighted by Crippen LogP contribution is 2.24. The molecule has 1 heterocycles. The van der Waals surface area contributed by atoms with Crippen molar-refractivity contribution in [1.82, 2.24) is 4.98 Å². The third kappa shape index (κ3) is 4.45. The molecule has 0 spiro atoms. The quantitative estimate of drug-likeness (QED) is 0.476. The van der Waals surface area contributed by atoms with Crippen molar-refractivity contribution in [3.63, 3.8) is 0 Å². The van der Waals surface area contributed by atoms with Gasteiger partial charge in [-0.25, -0.2) is 4.98 Å². The number of aromatic nitrogens is 1. The number of benzene rings is 2. The average Bonchev–Trinajstić information content (AvgIpc) is 3.14. The summed E-state index contributed by atoms with van der Waals surface area (Å²) in [6.45, 7) is 6.36. The van der Waals surface area contributed by atoms with Crippen LogP contribution in [0.25, 0.3) is 11.3 Å². The van der Waals surface area contributed by atoms with Gasteiger partial charge >= 0.3 is 0 Å². The molecule has 2 aromatic carbocycles. The van der Waals surface area contributed by atoms with Gasteiger partial charge in [-0.05, 0) is 31.5 Å². The standard InChI is InChI=1S/C20H22N4S/c1-3-24(4-2)18-12-10-16(11-13-18)14-21-23-20-22-19(15-25-20)17-8-6-5-7-9-17/h5-15H,3-4H2,1-2H3,(H,22,23)/b21-14-. The van der Waals surface area contributed by atoms with Crippen LogP contribution in [0.15, 0.2) is 65.1 Å². The van der Waals surface area contributed by atoms with E-state index in [-0.39, 0.29) is 0 Å². The normalized spacial score (nSPS) is 11.0. The molecule has 0 bridgehead atoms. The maximum atomic E-state index is 4.56. The molecule has 0 fully saturated rings. The lowest BCUT2D eigenvalue weighted by molar-refractivity contribution is 0.866. The molecule has 128 valence electrons. The second kappa shape index (κ2) is 8.44. The third-order valence-corrected chi connectivity index (χ3v) is 4.72. The van der Waals surface area contributed by atoms with Crippen molar-refractivity contribution in [3.05, 3.63) is 65.5 Å². The molecule has 4 nitrogen and oxygen atoms in total. The summed E-state index contributed by atoms with van der Waals surface area (Å²) in [6, 6.07) is 18.6. The Kier molecular flexibility index (Phi) is 5.80. The maximum Gasteiger partial charge on any atom is 0.203 e. The van der Waals surface area contributed by atoms with Gasteiger partial charge in [-0.15, -0.1) is 11.3 Å². The number of hydrogen-bond donors (Lipinski definition) is 1. The van der Waals surface area contributed by atoms with Crippen LogP contribution in [-0.4, -0.2) is 24.3 Å². The predicted molar refractivity (Wildman–Crippen MR) is 109 cm³/mol. The van der Waals surface area contributed by atoms with E-state index in [2.05, 4.69) is 70.7 Å². The van der Waals surface area contributed by atoms with Crippen LogP contribution in [0.1, 0.15) is 19.4 Å². The van der Waals surface area contributed by atoms with E-state index in [1.165, 1.54) is 5.69 Å². The minimum absolute atomic E-state index is 0.787. The van der Waals surface area contributed by atoms with Gasteiger partial charge in [-0.2, -0.15) is 5.10 Å². The Morgan fingerprint density at radius 2 is 1.76 bits per heavy atom. The van der Waals surface area contributed by atoms with E-state index in [9.17, 15) is 0 Å². The largest absolute Gasteiger partial charge is 0.372 e. The minimum Gasteiger partial charge on any atom is -0.372 e. The lowest BCUT2D eigenvalue weighted by Crippen LogP contribution is -2.21. The van der Waals surface area contributed by atoms with Crippen molar-refractivity contribution in [3.8, 4) is 11.3 Å². The first kappa shape index (κ1) is 17.2. The fraction of sp³-hybridized carbons (Fsp3) is 0.200. The molecule has 3 rings (SSSR count). The van der Waals surface area contributed by atoms with Crippen LogP contribution < -0.4 is 10.3 Å². The summed E-state index contributed by atoms with van der Waals surface area (Å²) in [5, 5.41) is 7.11. The molecule has 0 saturated carbocycles. The van der Waals surface area contributed by atoms with Crippen molar-refractivity contribution in [2.75, 3.05) is 23.4 Å². The van der Waals surface area contributed by atoms with Gasteiger partial charge < -0.3 is 4.90 Å². The van der Waals surface area contributed by atoms with E-state index in [1.54, 1.807) is 11.3 Å². The van der Waals surface area contributed by atoms with Crippen LogP contribution in [0.2, 0.25) is 0 Å². The first-order chi connectivity index (χ1) is 12.3. The van der Waals surface area contributed by atoms with Gasteiger partial charge in [0, 0.05) is 29.7 Å². The first-order valence-electron chi connectivity index (χ1n) is 8.45. The van der Waals surface area contributed by atoms with Crippen molar-refractivity contribution in [2.24, 2.45) is 5.10 Å². The molecule has 0 radical (unpaired) electrons. The molecule has 25 heavy (non-hydrogen) atoms. The Hall–Kier alpha value is -2.66. The highest BCUT2D eigenvalue weighted by molar-refractivity contribution is 7.14. The van der Waals surface area contributed by atoms with Gasteiger partial charge in [0.15, 0.2) is 0 Å². The lowest BCUT2D eigenvalue weighted by Gasteiger charge is -2.20. The number of anilines is 2. The Labute approximate surface area is 152 Å². The van der Waals surface area contributed by atoms with E-state index in [1.807, 2.05) is 29.8 Å². The van der Waals surface area contributed by atoms with Crippen molar-refractivity contribution in [2.45, 2.75) is 13.8 Å². The summed E-state index contributed by atoms with van der Waals surface area (Å²) < 4.78 is 0. The van der Waals surface area contributed by atoms with Crippen molar-refractivity contribution in [1.29, 1.82) is 0 Å². The number of nitrogens with zero attached hydrogens (tertiary/aromatic N) is 3. The Morgan fingerprint density at radius 3 is 2.44 bits per heavy atom. The van der Waals surface area contributed by atoms with Crippen LogP contribution >= 0.6 is 11.3 Å². The van der Waals surface area contributed by atoms with E-state index in [0.717, 1.165) is 35.0 Å². The highest BCUT2D eigenvalue weighted by atomic mass is 32.1. The lowest BCUT2D eigenvalue weighted by atomic mass is 10.2. The van der Waals surface area contributed by atoms with Crippen LogP contribution in [0, 0.1) is 0 Å². The Balaban J connectivity index is 1.61. The molecule has 0 atom stereocenters. The number of thiazole rings is 1. The SMILES string of the molecule is CCN(CC)c1ccc(/C=N\Nc2nc(-c3ccccc3)cs2)cc1. The second-order valence-electron chi connectivity index (χ2n) is 5.54. The molecule has 3 aromatic rings.